The fourth-order valence-electron chi connectivity index (χ4n) is 2.16. The SMILES string of the molecule is C=CCCCCCCCCCCC(N)(CO)CN=O. The van der Waals surface area contributed by atoms with Gasteiger partial charge < -0.3 is 10.8 Å². The van der Waals surface area contributed by atoms with Crippen molar-refractivity contribution in [1.82, 2.24) is 0 Å². The average Bonchev–Trinajstić information content (AvgIpc) is 2.41. The maximum absolute atomic E-state index is 10.2. The maximum Gasteiger partial charge on any atom is 0.101 e. The van der Waals surface area contributed by atoms with E-state index in [2.05, 4.69) is 11.8 Å². The first-order valence-corrected chi connectivity index (χ1v) is 7.48. The van der Waals surface area contributed by atoms with Gasteiger partial charge in [0.25, 0.3) is 0 Å². The first-order valence-electron chi connectivity index (χ1n) is 7.48. The number of nitroso groups, excluding NO2 is 1. The van der Waals surface area contributed by atoms with Crippen LogP contribution in [0.1, 0.15) is 64.2 Å². The Bertz CT molecular complexity index is 234. The molecule has 112 valence electrons. The van der Waals surface area contributed by atoms with E-state index in [1.807, 2.05) is 6.08 Å². The Labute approximate surface area is 117 Å². The Balaban J connectivity index is 3.34. The quantitative estimate of drug-likeness (QED) is 0.288. The summed E-state index contributed by atoms with van der Waals surface area (Å²) >= 11 is 0. The third kappa shape index (κ3) is 10.8. The van der Waals surface area contributed by atoms with E-state index < -0.39 is 5.54 Å². The summed E-state index contributed by atoms with van der Waals surface area (Å²) < 4.78 is 0. The van der Waals surface area contributed by atoms with Crippen LogP contribution in [0.15, 0.2) is 17.8 Å². The van der Waals surface area contributed by atoms with Crippen LogP contribution in [0.25, 0.3) is 0 Å². The van der Waals surface area contributed by atoms with Gasteiger partial charge in [0, 0.05) is 0 Å². The molecule has 3 N–H and O–H groups in total. The molecule has 19 heavy (non-hydrogen) atoms. The van der Waals surface area contributed by atoms with Gasteiger partial charge in [-0.2, -0.15) is 4.91 Å². The minimum atomic E-state index is -0.799. The molecule has 0 saturated carbocycles. The molecule has 0 heterocycles. The van der Waals surface area contributed by atoms with Gasteiger partial charge in [-0.15, -0.1) is 6.58 Å². The summed E-state index contributed by atoms with van der Waals surface area (Å²) in [7, 11) is 0. The van der Waals surface area contributed by atoms with Crippen molar-refractivity contribution in [2.45, 2.75) is 69.7 Å². The standard InChI is InChI=1S/C15H30N2O2/c1-2-3-4-5-6-7-8-9-10-11-12-15(16,14-18)13-17-19/h2,18H,1,3-14,16H2. The molecule has 1 atom stereocenters. The highest BCUT2D eigenvalue weighted by Gasteiger charge is 2.23. The van der Waals surface area contributed by atoms with E-state index in [0.717, 1.165) is 19.3 Å². The summed E-state index contributed by atoms with van der Waals surface area (Å²) in [5.74, 6) is 0. The Morgan fingerprint density at radius 1 is 1.05 bits per heavy atom. The van der Waals surface area contributed by atoms with Crippen molar-refractivity contribution < 1.29 is 5.11 Å². The lowest BCUT2D eigenvalue weighted by atomic mass is 9.94. The molecule has 0 fully saturated rings. The second-order valence-electron chi connectivity index (χ2n) is 5.46. The molecule has 0 saturated heterocycles. The number of aliphatic hydroxyl groups is 1. The Kier molecular flexibility index (Phi) is 11.8. The normalized spacial score (nSPS) is 14.0. The van der Waals surface area contributed by atoms with Crippen LogP contribution in [-0.4, -0.2) is 23.8 Å². The Morgan fingerprint density at radius 3 is 2.05 bits per heavy atom. The number of allylic oxidation sites excluding steroid dienone is 1. The first kappa shape index (κ1) is 18.3. The molecule has 0 bridgehead atoms. The van der Waals surface area contributed by atoms with Crippen LogP contribution in [0.5, 0.6) is 0 Å². The van der Waals surface area contributed by atoms with Gasteiger partial charge in [0.15, 0.2) is 0 Å². The zero-order chi connectivity index (χ0) is 14.4. The predicted molar refractivity (Wildman–Crippen MR) is 81.0 cm³/mol. The van der Waals surface area contributed by atoms with Gasteiger partial charge in [-0.3, -0.25) is 0 Å². The topological polar surface area (TPSA) is 75.7 Å². The average molecular weight is 270 g/mol. The zero-order valence-corrected chi connectivity index (χ0v) is 12.1. The van der Waals surface area contributed by atoms with E-state index in [1.54, 1.807) is 0 Å². The van der Waals surface area contributed by atoms with E-state index in [9.17, 15) is 4.91 Å². The van der Waals surface area contributed by atoms with Gasteiger partial charge >= 0.3 is 0 Å². The van der Waals surface area contributed by atoms with Crippen molar-refractivity contribution in [3.63, 3.8) is 0 Å². The third-order valence-electron chi connectivity index (χ3n) is 3.53. The number of nitrogens with two attached hydrogens (primary N) is 1. The zero-order valence-electron chi connectivity index (χ0n) is 12.1. The van der Waals surface area contributed by atoms with Gasteiger partial charge in [0.1, 0.15) is 6.54 Å². The minimum absolute atomic E-state index is 0.00675. The molecule has 0 radical (unpaired) electrons. The van der Waals surface area contributed by atoms with Crippen molar-refractivity contribution in [1.29, 1.82) is 0 Å². The third-order valence-corrected chi connectivity index (χ3v) is 3.53. The molecule has 4 nitrogen and oxygen atoms in total. The van der Waals surface area contributed by atoms with Crippen LogP contribution in [0.2, 0.25) is 0 Å². The van der Waals surface area contributed by atoms with Crippen LogP contribution >= 0.6 is 0 Å². The summed E-state index contributed by atoms with van der Waals surface area (Å²) in [6.07, 6.45) is 13.5. The summed E-state index contributed by atoms with van der Waals surface area (Å²) in [4.78, 5) is 10.2. The fourth-order valence-corrected chi connectivity index (χ4v) is 2.16. The summed E-state index contributed by atoms with van der Waals surface area (Å²) in [6.45, 7) is 3.56. The molecule has 0 rings (SSSR count). The molecule has 0 amide bonds. The van der Waals surface area contributed by atoms with Crippen molar-refractivity contribution in [3.8, 4) is 0 Å². The van der Waals surface area contributed by atoms with Crippen molar-refractivity contribution >= 4 is 0 Å². The number of unbranched alkanes of at least 4 members (excludes halogenated alkanes) is 8. The highest BCUT2D eigenvalue weighted by Crippen LogP contribution is 2.15. The molecular formula is C15H30N2O2. The second-order valence-corrected chi connectivity index (χ2v) is 5.46. The van der Waals surface area contributed by atoms with E-state index in [-0.39, 0.29) is 13.2 Å². The smallest absolute Gasteiger partial charge is 0.101 e. The van der Waals surface area contributed by atoms with Gasteiger partial charge in [0.2, 0.25) is 0 Å². The molecule has 4 heteroatoms. The van der Waals surface area contributed by atoms with Gasteiger partial charge in [-0.1, -0.05) is 56.2 Å². The Morgan fingerprint density at radius 2 is 1.58 bits per heavy atom. The lowest BCUT2D eigenvalue weighted by Crippen LogP contribution is -2.46. The maximum atomic E-state index is 10.2. The van der Waals surface area contributed by atoms with E-state index in [1.165, 1.54) is 38.5 Å². The molecule has 0 aliphatic carbocycles. The molecule has 0 spiro atoms. The van der Waals surface area contributed by atoms with Crippen LogP contribution in [-0.2, 0) is 0 Å². The van der Waals surface area contributed by atoms with Crippen molar-refractivity contribution in [2.24, 2.45) is 10.9 Å². The molecule has 0 aromatic rings. The van der Waals surface area contributed by atoms with Crippen LogP contribution in [0, 0.1) is 4.91 Å². The number of aliphatic hydroxyl groups excluding tert-OH is 1. The molecule has 0 aliphatic heterocycles. The predicted octanol–water partition coefficient (Wildman–Crippen LogP) is 3.53. The number of hydrogen-bond acceptors (Lipinski definition) is 4. The molecule has 0 aliphatic rings. The monoisotopic (exact) mass is 270 g/mol. The minimum Gasteiger partial charge on any atom is -0.394 e. The summed E-state index contributed by atoms with van der Waals surface area (Å²) in [5, 5.41) is 11.9. The van der Waals surface area contributed by atoms with Crippen LogP contribution in [0.4, 0.5) is 0 Å². The van der Waals surface area contributed by atoms with Gasteiger partial charge in [-0.05, 0) is 19.3 Å². The van der Waals surface area contributed by atoms with E-state index >= 15 is 0 Å². The lowest BCUT2D eigenvalue weighted by molar-refractivity contribution is 0.188. The van der Waals surface area contributed by atoms with E-state index in [0.29, 0.717) is 6.42 Å². The lowest BCUT2D eigenvalue weighted by Gasteiger charge is -2.23. The second kappa shape index (κ2) is 12.3. The Hall–Kier alpha value is -0.740. The fraction of sp³-hybridized carbons (Fsp3) is 0.867. The molecule has 0 aromatic heterocycles. The van der Waals surface area contributed by atoms with Crippen molar-refractivity contribution in [3.05, 3.63) is 17.6 Å². The molecule has 0 aromatic carbocycles. The van der Waals surface area contributed by atoms with Crippen LogP contribution < -0.4 is 5.73 Å². The van der Waals surface area contributed by atoms with Crippen molar-refractivity contribution in [2.75, 3.05) is 13.2 Å². The number of rotatable bonds is 14. The highest BCUT2D eigenvalue weighted by molar-refractivity contribution is 4.85. The molecular weight excluding hydrogens is 240 g/mol. The van der Waals surface area contributed by atoms with Gasteiger partial charge in [0.05, 0.1) is 12.1 Å². The number of hydrogen-bond donors (Lipinski definition) is 2. The highest BCUT2D eigenvalue weighted by atomic mass is 16.3. The number of nitrogens with zero attached hydrogens (tertiary/aromatic N) is 1. The largest absolute Gasteiger partial charge is 0.394 e. The van der Waals surface area contributed by atoms with E-state index in [4.69, 9.17) is 10.8 Å². The van der Waals surface area contributed by atoms with Crippen LogP contribution in [0.3, 0.4) is 0 Å². The summed E-state index contributed by atoms with van der Waals surface area (Å²) in [6, 6.07) is 0. The molecule has 1 unspecified atom stereocenters. The first-order chi connectivity index (χ1) is 9.18. The summed E-state index contributed by atoms with van der Waals surface area (Å²) in [5.41, 5.74) is 5.07. The van der Waals surface area contributed by atoms with Gasteiger partial charge in [-0.25, -0.2) is 0 Å².